The number of hydrogen-bond donors (Lipinski definition) is 3. The molecule has 0 bridgehead atoms. The topological polar surface area (TPSA) is 123 Å². The smallest absolute Gasteiger partial charge is 0.322 e. The molecule has 1 aromatic carbocycles. The lowest BCUT2D eigenvalue weighted by atomic mass is 10.1. The molecule has 8 nitrogen and oxygen atoms in total. The van der Waals surface area contributed by atoms with Crippen molar-refractivity contribution in [2.75, 3.05) is 6.54 Å². The number of carboxylic acid groups (broad SMARTS) is 1. The average Bonchev–Trinajstić information content (AvgIpc) is 3.00. The van der Waals surface area contributed by atoms with Gasteiger partial charge in [-0.1, -0.05) is 5.21 Å². The van der Waals surface area contributed by atoms with Crippen molar-refractivity contribution in [3.8, 4) is 11.3 Å². The number of halogens is 1. The molecule has 0 aliphatic heterocycles. The minimum atomic E-state index is -1.23. The first-order chi connectivity index (χ1) is 10.9. The second kappa shape index (κ2) is 6.97. The van der Waals surface area contributed by atoms with E-state index in [1.54, 1.807) is 4.68 Å². The number of amides is 1. The number of benzene rings is 1. The first kappa shape index (κ1) is 16.6. The predicted molar refractivity (Wildman–Crippen MR) is 79.0 cm³/mol. The Morgan fingerprint density at radius 1 is 1.43 bits per heavy atom. The molecule has 0 fully saturated rings. The molecule has 1 amide bonds. The van der Waals surface area contributed by atoms with Crippen LogP contribution in [0.4, 0.5) is 4.39 Å². The van der Waals surface area contributed by atoms with Gasteiger partial charge >= 0.3 is 5.97 Å². The van der Waals surface area contributed by atoms with Gasteiger partial charge in [-0.3, -0.25) is 9.59 Å². The van der Waals surface area contributed by atoms with Crippen molar-refractivity contribution in [3.63, 3.8) is 0 Å². The van der Waals surface area contributed by atoms with Gasteiger partial charge in [-0.25, -0.2) is 9.07 Å². The Hall–Kier alpha value is -2.81. The summed E-state index contributed by atoms with van der Waals surface area (Å²) in [6.07, 6.45) is 1.47. The first-order valence-electron chi connectivity index (χ1n) is 6.88. The SMILES string of the molecule is CCn1nncc1-c1cc(F)cc(C(=O)NCC(N)C(=O)O)c1. The highest BCUT2D eigenvalue weighted by molar-refractivity contribution is 5.95. The summed E-state index contributed by atoms with van der Waals surface area (Å²) >= 11 is 0. The third-order valence-corrected chi connectivity index (χ3v) is 3.17. The monoisotopic (exact) mass is 321 g/mol. The van der Waals surface area contributed by atoms with Gasteiger partial charge in [0.1, 0.15) is 11.9 Å². The van der Waals surface area contributed by atoms with Crippen LogP contribution in [-0.2, 0) is 11.3 Å². The summed E-state index contributed by atoms with van der Waals surface area (Å²) in [6, 6.07) is 2.59. The molecule has 122 valence electrons. The third kappa shape index (κ3) is 3.89. The molecule has 0 saturated carbocycles. The summed E-state index contributed by atoms with van der Waals surface area (Å²) in [4.78, 5) is 22.7. The van der Waals surface area contributed by atoms with E-state index in [1.165, 1.54) is 18.3 Å². The second-order valence-corrected chi connectivity index (χ2v) is 4.82. The van der Waals surface area contributed by atoms with E-state index in [9.17, 15) is 14.0 Å². The summed E-state index contributed by atoms with van der Waals surface area (Å²) in [5.74, 6) is -2.44. The predicted octanol–water partition coefficient (Wildman–Crippen LogP) is 0.246. The third-order valence-electron chi connectivity index (χ3n) is 3.17. The fourth-order valence-corrected chi connectivity index (χ4v) is 1.98. The van der Waals surface area contributed by atoms with Gasteiger partial charge in [0, 0.05) is 24.2 Å². The highest BCUT2D eigenvalue weighted by Crippen LogP contribution is 2.21. The molecule has 9 heteroatoms. The summed E-state index contributed by atoms with van der Waals surface area (Å²) in [6.45, 7) is 2.15. The largest absolute Gasteiger partial charge is 0.480 e. The van der Waals surface area contributed by atoms with E-state index in [1.807, 2.05) is 6.92 Å². The number of nitrogens with zero attached hydrogens (tertiary/aromatic N) is 3. The standard InChI is InChI=1S/C14H16FN5O3/c1-2-20-12(7-18-19-20)8-3-9(5-10(15)4-8)13(21)17-6-11(16)14(22)23/h3-5,7,11H,2,6,16H2,1H3,(H,17,21)(H,22,23). The molecule has 0 saturated heterocycles. The molecule has 1 atom stereocenters. The molecular formula is C14H16FN5O3. The number of hydrogen-bond acceptors (Lipinski definition) is 5. The molecule has 0 spiro atoms. The van der Waals surface area contributed by atoms with Crippen molar-refractivity contribution in [1.29, 1.82) is 0 Å². The Kier molecular flexibility index (Phi) is 5.02. The minimum absolute atomic E-state index is 0.0569. The van der Waals surface area contributed by atoms with Crippen LogP contribution in [0.25, 0.3) is 11.3 Å². The number of nitrogens with one attached hydrogen (secondary N) is 1. The molecule has 0 aliphatic carbocycles. The summed E-state index contributed by atoms with van der Waals surface area (Å²) in [7, 11) is 0. The molecule has 4 N–H and O–H groups in total. The number of aromatic nitrogens is 3. The number of nitrogens with two attached hydrogens (primary N) is 1. The fraction of sp³-hybridized carbons (Fsp3) is 0.286. The zero-order valence-electron chi connectivity index (χ0n) is 12.4. The van der Waals surface area contributed by atoms with Crippen LogP contribution in [-0.4, -0.2) is 44.6 Å². The van der Waals surface area contributed by atoms with Gasteiger partial charge in [0.25, 0.3) is 5.91 Å². The molecule has 0 radical (unpaired) electrons. The van der Waals surface area contributed by atoms with Crippen LogP contribution in [0, 0.1) is 5.82 Å². The molecular weight excluding hydrogens is 305 g/mol. The van der Waals surface area contributed by atoms with E-state index in [0.717, 1.165) is 6.07 Å². The van der Waals surface area contributed by atoms with Gasteiger partial charge in [0.2, 0.25) is 0 Å². The molecule has 0 aliphatic rings. The number of carbonyl (C=O) groups excluding carboxylic acids is 1. The van der Waals surface area contributed by atoms with Crippen molar-refractivity contribution in [2.45, 2.75) is 19.5 Å². The minimum Gasteiger partial charge on any atom is -0.480 e. The normalized spacial score (nSPS) is 12.0. The zero-order valence-corrected chi connectivity index (χ0v) is 12.4. The highest BCUT2D eigenvalue weighted by Gasteiger charge is 2.16. The van der Waals surface area contributed by atoms with Crippen LogP contribution in [0.3, 0.4) is 0 Å². The van der Waals surface area contributed by atoms with Gasteiger partial charge in [-0.2, -0.15) is 0 Å². The quantitative estimate of drug-likeness (QED) is 0.700. The van der Waals surface area contributed by atoms with Crippen molar-refractivity contribution < 1.29 is 19.1 Å². The van der Waals surface area contributed by atoms with Crippen LogP contribution in [0.2, 0.25) is 0 Å². The maximum atomic E-state index is 13.8. The molecule has 2 rings (SSSR count). The van der Waals surface area contributed by atoms with E-state index in [2.05, 4.69) is 15.6 Å². The molecule has 23 heavy (non-hydrogen) atoms. The van der Waals surface area contributed by atoms with E-state index < -0.39 is 23.7 Å². The lowest BCUT2D eigenvalue weighted by Gasteiger charge is -2.10. The Balaban J connectivity index is 2.23. The number of aryl methyl sites for hydroxylation is 1. The maximum absolute atomic E-state index is 13.8. The molecule has 1 heterocycles. The zero-order chi connectivity index (χ0) is 17.0. The second-order valence-electron chi connectivity index (χ2n) is 4.82. The number of carboxylic acids is 1. The van der Waals surface area contributed by atoms with Crippen LogP contribution in [0.5, 0.6) is 0 Å². The molecule has 1 unspecified atom stereocenters. The van der Waals surface area contributed by atoms with Crippen LogP contribution in [0.15, 0.2) is 24.4 Å². The van der Waals surface area contributed by atoms with Gasteiger partial charge in [-0.15, -0.1) is 5.10 Å². The van der Waals surface area contributed by atoms with Crippen molar-refractivity contribution >= 4 is 11.9 Å². The van der Waals surface area contributed by atoms with E-state index in [-0.39, 0.29) is 12.1 Å². The lowest BCUT2D eigenvalue weighted by Crippen LogP contribution is -2.42. The van der Waals surface area contributed by atoms with Crippen molar-refractivity contribution in [2.24, 2.45) is 5.73 Å². The van der Waals surface area contributed by atoms with Gasteiger partial charge in [0.15, 0.2) is 0 Å². The van der Waals surface area contributed by atoms with Gasteiger partial charge in [0.05, 0.1) is 11.9 Å². The van der Waals surface area contributed by atoms with Crippen LogP contribution in [0.1, 0.15) is 17.3 Å². The van der Waals surface area contributed by atoms with Gasteiger partial charge in [-0.05, 0) is 25.1 Å². The Morgan fingerprint density at radius 3 is 2.83 bits per heavy atom. The Morgan fingerprint density at radius 2 is 2.17 bits per heavy atom. The van der Waals surface area contributed by atoms with Gasteiger partial charge < -0.3 is 16.2 Å². The van der Waals surface area contributed by atoms with E-state index in [4.69, 9.17) is 10.8 Å². The maximum Gasteiger partial charge on any atom is 0.322 e. The molecule has 1 aromatic heterocycles. The van der Waals surface area contributed by atoms with E-state index in [0.29, 0.717) is 17.8 Å². The van der Waals surface area contributed by atoms with Crippen molar-refractivity contribution in [3.05, 3.63) is 35.8 Å². The Labute approximate surface area is 131 Å². The fourth-order valence-electron chi connectivity index (χ4n) is 1.98. The summed E-state index contributed by atoms with van der Waals surface area (Å²) in [5.41, 5.74) is 6.39. The van der Waals surface area contributed by atoms with Crippen LogP contribution >= 0.6 is 0 Å². The Bertz CT molecular complexity index is 731. The highest BCUT2D eigenvalue weighted by atomic mass is 19.1. The van der Waals surface area contributed by atoms with Crippen molar-refractivity contribution in [1.82, 2.24) is 20.3 Å². The number of aliphatic carboxylic acids is 1. The summed E-state index contributed by atoms with van der Waals surface area (Å²) in [5, 5.41) is 18.7. The number of rotatable bonds is 6. The summed E-state index contributed by atoms with van der Waals surface area (Å²) < 4.78 is 15.4. The van der Waals surface area contributed by atoms with Crippen LogP contribution < -0.4 is 11.1 Å². The number of carbonyl (C=O) groups is 2. The van der Waals surface area contributed by atoms with E-state index >= 15 is 0 Å². The molecule has 2 aromatic rings. The average molecular weight is 321 g/mol. The first-order valence-corrected chi connectivity index (χ1v) is 6.88. The lowest BCUT2D eigenvalue weighted by molar-refractivity contribution is -0.138.